The third-order valence-corrected chi connectivity index (χ3v) is 3.41. The predicted molar refractivity (Wildman–Crippen MR) is 79.0 cm³/mol. The van der Waals surface area contributed by atoms with E-state index >= 15 is 0 Å². The summed E-state index contributed by atoms with van der Waals surface area (Å²) in [7, 11) is 0. The van der Waals surface area contributed by atoms with E-state index < -0.39 is 0 Å². The van der Waals surface area contributed by atoms with Crippen molar-refractivity contribution in [3.63, 3.8) is 0 Å². The second-order valence-corrected chi connectivity index (χ2v) is 5.57. The van der Waals surface area contributed by atoms with E-state index in [9.17, 15) is 0 Å². The van der Waals surface area contributed by atoms with Crippen molar-refractivity contribution in [3.05, 3.63) is 52.4 Å². The minimum Gasteiger partial charge on any atom is -0.452 e. The lowest BCUT2D eigenvalue weighted by Gasteiger charge is -2.14. The van der Waals surface area contributed by atoms with Gasteiger partial charge < -0.3 is 9.73 Å². The average Bonchev–Trinajstić information content (AvgIpc) is 2.76. The molecular weight excluding hydrogens is 290 g/mol. The molecule has 3 heteroatoms. The first-order valence-electron chi connectivity index (χ1n) is 6.18. The van der Waals surface area contributed by atoms with Crippen LogP contribution in [0.2, 0.25) is 0 Å². The summed E-state index contributed by atoms with van der Waals surface area (Å²) in [5.74, 6) is 1.49. The molecular formula is C15H18BrNO. The molecule has 2 aromatic rings. The molecule has 18 heavy (non-hydrogen) atoms. The van der Waals surface area contributed by atoms with Crippen LogP contribution in [0.4, 0.5) is 5.69 Å². The molecule has 1 unspecified atom stereocenters. The topological polar surface area (TPSA) is 25.2 Å². The summed E-state index contributed by atoms with van der Waals surface area (Å²) in [4.78, 5) is 0. The van der Waals surface area contributed by atoms with Gasteiger partial charge in [-0.15, -0.1) is 0 Å². The van der Waals surface area contributed by atoms with Crippen LogP contribution < -0.4 is 5.32 Å². The number of hydrogen-bond donors (Lipinski definition) is 1. The lowest BCUT2D eigenvalue weighted by atomic mass is 10.0. The molecule has 1 N–H and O–H groups in total. The van der Waals surface area contributed by atoms with Crippen LogP contribution in [-0.2, 0) is 0 Å². The standard InChI is InChI=1S/C15H18BrNO/c1-10(2)12-4-6-13(7-5-12)17-11(3)14-8-9-15(16)18-14/h4-11,17H,1-3H3. The number of nitrogens with one attached hydrogen (secondary N) is 1. The highest BCUT2D eigenvalue weighted by Gasteiger charge is 2.09. The zero-order valence-corrected chi connectivity index (χ0v) is 12.5. The fraction of sp³-hybridized carbons (Fsp3) is 0.333. The summed E-state index contributed by atoms with van der Waals surface area (Å²) < 4.78 is 6.30. The van der Waals surface area contributed by atoms with Crippen molar-refractivity contribution in [3.8, 4) is 0 Å². The fourth-order valence-electron chi connectivity index (χ4n) is 1.85. The maximum absolute atomic E-state index is 5.53. The lowest BCUT2D eigenvalue weighted by Crippen LogP contribution is -2.05. The van der Waals surface area contributed by atoms with Gasteiger partial charge in [-0.05, 0) is 58.6 Å². The lowest BCUT2D eigenvalue weighted by molar-refractivity contribution is 0.471. The highest BCUT2D eigenvalue weighted by Crippen LogP contribution is 2.24. The van der Waals surface area contributed by atoms with Crippen molar-refractivity contribution in [1.29, 1.82) is 0 Å². The van der Waals surface area contributed by atoms with Crippen molar-refractivity contribution in [2.75, 3.05) is 5.32 Å². The number of rotatable bonds is 4. The van der Waals surface area contributed by atoms with E-state index in [0.717, 1.165) is 16.1 Å². The van der Waals surface area contributed by atoms with E-state index in [1.54, 1.807) is 0 Å². The van der Waals surface area contributed by atoms with E-state index in [-0.39, 0.29) is 6.04 Å². The van der Waals surface area contributed by atoms with Gasteiger partial charge in [0.05, 0.1) is 6.04 Å². The van der Waals surface area contributed by atoms with Crippen LogP contribution in [0.5, 0.6) is 0 Å². The Kier molecular flexibility index (Phi) is 4.12. The molecule has 0 aliphatic carbocycles. The Morgan fingerprint density at radius 3 is 2.17 bits per heavy atom. The van der Waals surface area contributed by atoms with Gasteiger partial charge in [0.2, 0.25) is 0 Å². The molecule has 1 heterocycles. The monoisotopic (exact) mass is 307 g/mol. The van der Waals surface area contributed by atoms with Crippen LogP contribution in [0, 0.1) is 0 Å². The molecule has 0 saturated carbocycles. The number of benzene rings is 1. The van der Waals surface area contributed by atoms with Gasteiger partial charge >= 0.3 is 0 Å². The number of halogens is 1. The van der Waals surface area contributed by atoms with Gasteiger partial charge in [0.1, 0.15) is 5.76 Å². The summed E-state index contributed by atoms with van der Waals surface area (Å²) >= 11 is 3.32. The van der Waals surface area contributed by atoms with E-state index in [1.165, 1.54) is 5.56 Å². The zero-order valence-electron chi connectivity index (χ0n) is 10.9. The Morgan fingerprint density at radius 1 is 1.00 bits per heavy atom. The van der Waals surface area contributed by atoms with Gasteiger partial charge in [0.25, 0.3) is 0 Å². The fourth-order valence-corrected chi connectivity index (χ4v) is 2.17. The second-order valence-electron chi connectivity index (χ2n) is 4.78. The first-order valence-corrected chi connectivity index (χ1v) is 6.97. The maximum atomic E-state index is 5.53. The molecule has 0 aliphatic rings. The van der Waals surface area contributed by atoms with Gasteiger partial charge in [-0.1, -0.05) is 26.0 Å². The second kappa shape index (κ2) is 5.61. The molecule has 1 atom stereocenters. The van der Waals surface area contributed by atoms with Crippen LogP contribution in [-0.4, -0.2) is 0 Å². The van der Waals surface area contributed by atoms with Crippen molar-refractivity contribution >= 4 is 21.6 Å². The molecule has 96 valence electrons. The third-order valence-electron chi connectivity index (χ3n) is 2.98. The molecule has 1 aromatic carbocycles. The molecule has 0 fully saturated rings. The molecule has 0 saturated heterocycles. The summed E-state index contributed by atoms with van der Waals surface area (Å²) in [5.41, 5.74) is 2.47. The summed E-state index contributed by atoms with van der Waals surface area (Å²) in [5, 5.41) is 3.42. The predicted octanol–water partition coefficient (Wildman–Crippen LogP) is 5.34. The van der Waals surface area contributed by atoms with Crippen molar-refractivity contribution in [2.24, 2.45) is 0 Å². The molecule has 0 amide bonds. The van der Waals surface area contributed by atoms with Gasteiger partial charge in [0, 0.05) is 5.69 Å². The van der Waals surface area contributed by atoms with Gasteiger partial charge in [-0.2, -0.15) is 0 Å². The van der Waals surface area contributed by atoms with Crippen molar-refractivity contribution < 1.29 is 4.42 Å². The molecule has 0 spiro atoms. The van der Waals surface area contributed by atoms with Crippen LogP contribution in [0.1, 0.15) is 44.1 Å². The Hall–Kier alpha value is -1.22. The summed E-state index contributed by atoms with van der Waals surface area (Å²) in [6, 6.07) is 12.6. The van der Waals surface area contributed by atoms with E-state index in [4.69, 9.17) is 4.42 Å². The van der Waals surface area contributed by atoms with E-state index in [2.05, 4.69) is 66.3 Å². The minimum atomic E-state index is 0.154. The average molecular weight is 308 g/mol. The van der Waals surface area contributed by atoms with Gasteiger partial charge in [-0.25, -0.2) is 0 Å². The van der Waals surface area contributed by atoms with Crippen LogP contribution in [0.3, 0.4) is 0 Å². The van der Waals surface area contributed by atoms with Crippen molar-refractivity contribution in [1.82, 2.24) is 0 Å². The number of hydrogen-bond acceptors (Lipinski definition) is 2. The normalized spacial score (nSPS) is 12.7. The minimum absolute atomic E-state index is 0.154. The van der Waals surface area contributed by atoms with Gasteiger partial charge in [0.15, 0.2) is 4.67 Å². The van der Waals surface area contributed by atoms with Crippen molar-refractivity contribution in [2.45, 2.75) is 32.7 Å². The Bertz CT molecular complexity index is 501. The highest BCUT2D eigenvalue weighted by molar-refractivity contribution is 9.10. The van der Waals surface area contributed by atoms with Crippen LogP contribution in [0.15, 0.2) is 45.5 Å². The number of furan rings is 1. The first kappa shape index (κ1) is 13.2. The molecule has 0 bridgehead atoms. The van der Waals surface area contributed by atoms with Crippen LogP contribution >= 0.6 is 15.9 Å². The van der Waals surface area contributed by atoms with E-state index in [0.29, 0.717) is 5.92 Å². The smallest absolute Gasteiger partial charge is 0.169 e. The zero-order chi connectivity index (χ0) is 13.1. The van der Waals surface area contributed by atoms with E-state index in [1.807, 2.05) is 12.1 Å². The van der Waals surface area contributed by atoms with Gasteiger partial charge in [-0.3, -0.25) is 0 Å². The SMILES string of the molecule is CC(C)c1ccc(NC(C)c2ccc(Br)o2)cc1. The Balaban J connectivity index is 2.05. The molecule has 1 aromatic heterocycles. The van der Waals surface area contributed by atoms with Crippen LogP contribution in [0.25, 0.3) is 0 Å². The summed E-state index contributed by atoms with van der Waals surface area (Å²) in [6.45, 7) is 6.48. The third kappa shape index (κ3) is 3.16. The highest BCUT2D eigenvalue weighted by atomic mass is 79.9. The molecule has 0 radical (unpaired) electrons. The molecule has 2 nitrogen and oxygen atoms in total. The quantitative estimate of drug-likeness (QED) is 0.825. The molecule has 0 aliphatic heterocycles. The summed E-state index contributed by atoms with van der Waals surface area (Å²) in [6.07, 6.45) is 0. The maximum Gasteiger partial charge on any atom is 0.169 e. The Morgan fingerprint density at radius 2 is 1.67 bits per heavy atom. The first-order chi connectivity index (χ1) is 8.56. The molecule has 2 rings (SSSR count). The largest absolute Gasteiger partial charge is 0.452 e. The Labute approximate surface area is 117 Å². The number of anilines is 1.